The molecule has 88 valence electrons. The van der Waals surface area contributed by atoms with E-state index in [-0.39, 0.29) is 11.9 Å². The van der Waals surface area contributed by atoms with Crippen LogP contribution < -0.4 is 10.6 Å². The number of nitrogens with zero attached hydrogens (tertiary/aromatic N) is 2. The normalized spacial score (nSPS) is 10.2. The molecule has 0 aliphatic rings. The van der Waals surface area contributed by atoms with E-state index in [1.165, 1.54) is 6.33 Å². The average molecular weight is 287 g/mol. The van der Waals surface area contributed by atoms with Crippen molar-refractivity contribution in [2.75, 3.05) is 11.9 Å². The Morgan fingerprint density at radius 1 is 1.56 bits per heavy atom. The third-order valence-electron chi connectivity index (χ3n) is 1.76. The van der Waals surface area contributed by atoms with Gasteiger partial charge in [-0.1, -0.05) is 0 Å². The molecule has 6 heteroatoms. The van der Waals surface area contributed by atoms with E-state index in [0.717, 1.165) is 4.47 Å². The summed E-state index contributed by atoms with van der Waals surface area (Å²) in [6.07, 6.45) is 3.54. The summed E-state index contributed by atoms with van der Waals surface area (Å²) in [6, 6.07) is 0.179. The third-order valence-corrected chi connectivity index (χ3v) is 2.34. The van der Waals surface area contributed by atoms with E-state index in [0.29, 0.717) is 18.8 Å². The second-order valence-electron chi connectivity index (χ2n) is 3.62. The molecule has 2 N–H and O–H groups in total. The summed E-state index contributed by atoms with van der Waals surface area (Å²) in [5.74, 6) is 0.736. The van der Waals surface area contributed by atoms with Crippen LogP contribution in [0.1, 0.15) is 20.3 Å². The summed E-state index contributed by atoms with van der Waals surface area (Å²) in [5.41, 5.74) is 0. The van der Waals surface area contributed by atoms with Gasteiger partial charge < -0.3 is 10.6 Å². The quantitative estimate of drug-likeness (QED) is 0.862. The first-order valence-electron chi connectivity index (χ1n) is 5.08. The Kier molecular flexibility index (Phi) is 5.18. The zero-order valence-electron chi connectivity index (χ0n) is 9.33. The first-order valence-corrected chi connectivity index (χ1v) is 5.87. The predicted molar refractivity (Wildman–Crippen MR) is 66.1 cm³/mol. The standard InChI is InChI=1S/C10H15BrN4O/c1-7(2)15-9(16)3-4-13-10-8(11)5-12-6-14-10/h5-7H,3-4H2,1-2H3,(H,15,16)(H,12,13,14). The first-order chi connectivity index (χ1) is 7.59. The fourth-order valence-electron chi connectivity index (χ4n) is 1.13. The van der Waals surface area contributed by atoms with Gasteiger partial charge in [-0.25, -0.2) is 9.97 Å². The number of amides is 1. The molecule has 1 aromatic heterocycles. The molecule has 0 spiro atoms. The lowest BCUT2D eigenvalue weighted by molar-refractivity contribution is -0.121. The van der Waals surface area contributed by atoms with Gasteiger partial charge in [-0.05, 0) is 29.8 Å². The van der Waals surface area contributed by atoms with Crippen molar-refractivity contribution >= 4 is 27.7 Å². The first kappa shape index (κ1) is 12.9. The maximum absolute atomic E-state index is 11.3. The number of carbonyl (C=O) groups is 1. The zero-order chi connectivity index (χ0) is 12.0. The number of anilines is 1. The molecule has 0 bridgehead atoms. The number of aromatic nitrogens is 2. The fourth-order valence-corrected chi connectivity index (χ4v) is 1.49. The molecule has 1 heterocycles. The number of halogens is 1. The molecule has 5 nitrogen and oxygen atoms in total. The molecule has 0 aliphatic carbocycles. The lowest BCUT2D eigenvalue weighted by Gasteiger charge is -2.09. The van der Waals surface area contributed by atoms with Crippen LogP contribution in [0.4, 0.5) is 5.82 Å². The summed E-state index contributed by atoms with van der Waals surface area (Å²) < 4.78 is 0.791. The Hall–Kier alpha value is -1.17. The summed E-state index contributed by atoms with van der Waals surface area (Å²) >= 11 is 3.32. The summed E-state index contributed by atoms with van der Waals surface area (Å²) in [5, 5.41) is 5.88. The highest BCUT2D eigenvalue weighted by Gasteiger charge is 2.04. The largest absolute Gasteiger partial charge is 0.369 e. The van der Waals surface area contributed by atoms with Gasteiger partial charge >= 0.3 is 0 Å². The lowest BCUT2D eigenvalue weighted by Crippen LogP contribution is -2.31. The molecule has 1 amide bonds. The number of hydrogen-bond acceptors (Lipinski definition) is 4. The van der Waals surface area contributed by atoms with Gasteiger partial charge in [-0.3, -0.25) is 4.79 Å². The molecule has 0 fully saturated rings. The van der Waals surface area contributed by atoms with Crippen LogP contribution in [-0.2, 0) is 4.79 Å². The van der Waals surface area contributed by atoms with Crippen molar-refractivity contribution in [1.29, 1.82) is 0 Å². The fraction of sp³-hybridized carbons (Fsp3) is 0.500. The number of rotatable bonds is 5. The van der Waals surface area contributed by atoms with Crippen LogP contribution in [0.5, 0.6) is 0 Å². The van der Waals surface area contributed by atoms with Gasteiger partial charge in [-0.15, -0.1) is 0 Å². The molecular weight excluding hydrogens is 272 g/mol. The highest BCUT2D eigenvalue weighted by Crippen LogP contribution is 2.16. The van der Waals surface area contributed by atoms with Gasteiger partial charge in [0.25, 0.3) is 0 Å². The van der Waals surface area contributed by atoms with Crippen LogP contribution in [-0.4, -0.2) is 28.5 Å². The Morgan fingerprint density at radius 3 is 2.94 bits per heavy atom. The van der Waals surface area contributed by atoms with Gasteiger partial charge in [0.05, 0.1) is 4.47 Å². The molecule has 1 rings (SSSR count). The second kappa shape index (κ2) is 6.42. The van der Waals surface area contributed by atoms with Crippen LogP contribution >= 0.6 is 15.9 Å². The predicted octanol–water partition coefficient (Wildman–Crippen LogP) is 1.57. The van der Waals surface area contributed by atoms with E-state index in [2.05, 4.69) is 36.5 Å². The minimum Gasteiger partial charge on any atom is -0.369 e. The van der Waals surface area contributed by atoms with Crippen molar-refractivity contribution in [3.63, 3.8) is 0 Å². The van der Waals surface area contributed by atoms with E-state index in [1.54, 1.807) is 6.20 Å². The van der Waals surface area contributed by atoms with Crippen LogP contribution in [0.2, 0.25) is 0 Å². The maximum Gasteiger partial charge on any atom is 0.221 e. The average Bonchev–Trinajstić information content (AvgIpc) is 2.19. The van der Waals surface area contributed by atoms with Gasteiger partial charge in [0, 0.05) is 25.2 Å². The Morgan fingerprint density at radius 2 is 2.31 bits per heavy atom. The number of carbonyl (C=O) groups excluding carboxylic acids is 1. The highest BCUT2D eigenvalue weighted by molar-refractivity contribution is 9.10. The van der Waals surface area contributed by atoms with Gasteiger partial charge in [0.2, 0.25) is 5.91 Å². The van der Waals surface area contributed by atoms with Crippen molar-refractivity contribution in [2.45, 2.75) is 26.3 Å². The third kappa shape index (κ3) is 4.57. The van der Waals surface area contributed by atoms with Crippen molar-refractivity contribution in [3.8, 4) is 0 Å². The molecule has 0 aliphatic heterocycles. The molecule has 0 atom stereocenters. The summed E-state index contributed by atoms with van der Waals surface area (Å²) in [6.45, 7) is 4.42. The molecular formula is C10H15BrN4O. The van der Waals surface area contributed by atoms with Crippen LogP contribution in [0.25, 0.3) is 0 Å². The van der Waals surface area contributed by atoms with Crippen molar-refractivity contribution in [1.82, 2.24) is 15.3 Å². The van der Waals surface area contributed by atoms with E-state index in [9.17, 15) is 4.79 Å². The van der Waals surface area contributed by atoms with Crippen molar-refractivity contribution in [2.24, 2.45) is 0 Å². The monoisotopic (exact) mass is 286 g/mol. The van der Waals surface area contributed by atoms with E-state index in [1.807, 2.05) is 13.8 Å². The number of hydrogen-bond donors (Lipinski definition) is 2. The van der Waals surface area contributed by atoms with Crippen LogP contribution in [0.15, 0.2) is 17.0 Å². The highest BCUT2D eigenvalue weighted by atomic mass is 79.9. The minimum absolute atomic E-state index is 0.0349. The minimum atomic E-state index is 0.0349. The van der Waals surface area contributed by atoms with E-state index < -0.39 is 0 Å². The van der Waals surface area contributed by atoms with Crippen molar-refractivity contribution < 1.29 is 4.79 Å². The zero-order valence-corrected chi connectivity index (χ0v) is 10.9. The molecule has 0 saturated heterocycles. The van der Waals surface area contributed by atoms with E-state index >= 15 is 0 Å². The molecule has 0 unspecified atom stereocenters. The molecule has 0 radical (unpaired) electrons. The van der Waals surface area contributed by atoms with Gasteiger partial charge in [0.1, 0.15) is 12.1 Å². The summed E-state index contributed by atoms with van der Waals surface area (Å²) in [4.78, 5) is 19.2. The lowest BCUT2D eigenvalue weighted by atomic mass is 10.3. The smallest absolute Gasteiger partial charge is 0.221 e. The number of nitrogens with one attached hydrogen (secondary N) is 2. The van der Waals surface area contributed by atoms with Crippen molar-refractivity contribution in [3.05, 3.63) is 17.0 Å². The molecule has 0 aromatic carbocycles. The van der Waals surface area contributed by atoms with Crippen LogP contribution in [0, 0.1) is 0 Å². The second-order valence-corrected chi connectivity index (χ2v) is 4.47. The SMILES string of the molecule is CC(C)NC(=O)CCNc1ncncc1Br. The Bertz CT molecular complexity index is 356. The van der Waals surface area contributed by atoms with Crippen LogP contribution in [0.3, 0.4) is 0 Å². The van der Waals surface area contributed by atoms with E-state index in [4.69, 9.17) is 0 Å². The topological polar surface area (TPSA) is 66.9 Å². The molecule has 0 saturated carbocycles. The van der Waals surface area contributed by atoms with Gasteiger partial charge in [-0.2, -0.15) is 0 Å². The van der Waals surface area contributed by atoms with Gasteiger partial charge in [0.15, 0.2) is 0 Å². The summed E-state index contributed by atoms with van der Waals surface area (Å²) in [7, 11) is 0. The Labute approximate surface area is 103 Å². The Balaban J connectivity index is 2.31. The maximum atomic E-state index is 11.3. The molecule has 16 heavy (non-hydrogen) atoms. The molecule has 1 aromatic rings.